The van der Waals surface area contributed by atoms with Gasteiger partial charge in [0.25, 0.3) is 0 Å². The van der Waals surface area contributed by atoms with Crippen LogP contribution in [0.4, 0.5) is 4.39 Å². The third-order valence-corrected chi connectivity index (χ3v) is 8.51. The predicted molar refractivity (Wildman–Crippen MR) is 134 cm³/mol. The molecule has 2 heterocycles. The Morgan fingerprint density at radius 2 is 2.00 bits per heavy atom. The van der Waals surface area contributed by atoms with E-state index in [4.69, 9.17) is 9.39 Å². The fraction of sp³-hybridized carbons (Fsp3) is 0.385. The van der Waals surface area contributed by atoms with Gasteiger partial charge in [0.2, 0.25) is 0 Å². The van der Waals surface area contributed by atoms with Crippen molar-refractivity contribution in [1.29, 1.82) is 0 Å². The van der Waals surface area contributed by atoms with Crippen molar-refractivity contribution in [3.05, 3.63) is 76.6 Å². The molecule has 1 fully saturated rings. The van der Waals surface area contributed by atoms with Gasteiger partial charge in [-0.3, -0.25) is 0 Å². The Morgan fingerprint density at radius 1 is 1.23 bits per heavy atom. The number of para-hydroxylation sites is 1. The van der Waals surface area contributed by atoms with E-state index in [2.05, 4.69) is 0 Å². The van der Waals surface area contributed by atoms with Crippen LogP contribution in [-0.2, 0) is 14.5 Å². The Kier molecular flexibility index (Phi) is 7.99. The van der Waals surface area contributed by atoms with E-state index in [1.807, 2.05) is 43.3 Å². The van der Waals surface area contributed by atoms with Gasteiger partial charge < -0.3 is 19.5 Å². The first-order chi connectivity index (χ1) is 16.8. The van der Waals surface area contributed by atoms with Gasteiger partial charge in [0.05, 0.1) is 17.1 Å². The van der Waals surface area contributed by atoms with Crippen LogP contribution < -0.4 is 4.74 Å². The second-order valence-electron chi connectivity index (χ2n) is 9.07. The highest BCUT2D eigenvalue weighted by molar-refractivity contribution is 7.92. The van der Waals surface area contributed by atoms with Gasteiger partial charge in [-0.25, -0.2) is 12.8 Å². The minimum absolute atomic E-state index is 0.0213. The highest BCUT2D eigenvalue weighted by atomic mass is 32.2. The van der Waals surface area contributed by atoms with Gasteiger partial charge in [0, 0.05) is 6.32 Å². The number of hydrogen-bond acceptors (Lipinski definition) is 6. The smallest absolute Gasteiger partial charge is 0.456 e. The Hall–Kier alpha value is -2.62. The van der Waals surface area contributed by atoms with Crippen LogP contribution in [0.3, 0.4) is 0 Å². The maximum absolute atomic E-state index is 13.8. The number of allylic oxidation sites excluding steroid dienone is 1. The molecule has 2 aromatic carbocycles. The quantitative estimate of drug-likeness (QED) is 0.388. The molecule has 0 aliphatic carbocycles. The van der Waals surface area contributed by atoms with Crippen molar-refractivity contribution in [3.8, 4) is 11.5 Å². The summed E-state index contributed by atoms with van der Waals surface area (Å²) in [6, 6.07) is 13.5. The molecule has 0 aromatic heterocycles. The molecule has 0 amide bonds. The molecule has 9 heteroatoms. The monoisotopic (exact) mass is 500 g/mol. The lowest BCUT2D eigenvalue weighted by Gasteiger charge is -2.32. The highest BCUT2D eigenvalue weighted by Crippen LogP contribution is 2.40. The third-order valence-electron chi connectivity index (χ3n) is 6.45. The first kappa shape index (κ1) is 25.5. The van der Waals surface area contributed by atoms with Crippen LogP contribution in [0.1, 0.15) is 38.2 Å². The Morgan fingerprint density at radius 3 is 2.71 bits per heavy atom. The zero-order chi connectivity index (χ0) is 25.0. The molecule has 186 valence electrons. The molecule has 35 heavy (non-hydrogen) atoms. The number of hydrogen-bond donors (Lipinski definition) is 2. The summed E-state index contributed by atoms with van der Waals surface area (Å²) in [5, 5.41) is 19.0. The topological polar surface area (TPSA) is 93.1 Å². The van der Waals surface area contributed by atoms with Crippen molar-refractivity contribution in [2.45, 2.75) is 50.3 Å². The Balaban J connectivity index is 1.56. The maximum atomic E-state index is 13.8. The molecule has 1 saturated heterocycles. The van der Waals surface area contributed by atoms with E-state index in [9.17, 15) is 22.9 Å². The van der Waals surface area contributed by atoms with Crippen LogP contribution in [0.2, 0.25) is 6.32 Å². The van der Waals surface area contributed by atoms with Crippen molar-refractivity contribution in [1.82, 2.24) is 0 Å². The normalized spacial score (nSPS) is 21.8. The Labute approximate surface area is 206 Å². The van der Waals surface area contributed by atoms with Crippen LogP contribution in [0, 0.1) is 5.82 Å². The Bertz CT molecular complexity index is 1210. The number of phenols is 1. The predicted octanol–water partition coefficient (Wildman–Crippen LogP) is 4.55. The lowest BCUT2D eigenvalue weighted by Crippen LogP contribution is -2.42. The number of ether oxygens (including phenoxy) is 1. The number of fused-ring (bicyclic) bond motifs is 1. The standard InChI is InChI=1S/C26H30BFO6S/c1-2-6-18(13-19-9-11-23(29)22(28)14-19)10-12-24-26-20(16-33-21-7-4-3-5-8-21)17-35(31,32)25(26)15-27(30)34-24/h3-5,7-9,11,13-14,24-25,29-30H,2,6,10,12,15-17H2,1H3/b18-13+/t24-,25+/m1/s1. The van der Waals surface area contributed by atoms with Gasteiger partial charge in [-0.1, -0.05) is 49.3 Å². The van der Waals surface area contributed by atoms with Crippen molar-refractivity contribution in [3.63, 3.8) is 0 Å². The zero-order valence-electron chi connectivity index (χ0n) is 19.7. The minimum Gasteiger partial charge on any atom is -0.505 e. The number of aromatic hydroxyl groups is 1. The molecule has 2 N–H and O–H groups in total. The number of sulfone groups is 1. The molecular formula is C26H30BFO6S. The summed E-state index contributed by atoms with van der Waals surface area (Å²) < 4.78 is 51.3. The second-order valence-corrected chi connectivity index (χ2v) is 11.3. The highest BCUT2D eigenvalue weighted by Gasteiger charge is 2.48. The van der Waals surface area contributed by atoms with Gasteiger partial charge in [-0.15, -0.1) is 0 Å². The summed E-state index contributed by atoms with van der Waals surface area (Å²) in [7, 11) is -4.60. The second kappa shape index (κ2) is 11.0. The van der Waals surface area contributed by atoms with Crippen molar-refractivity contribution < 1.29 is 32.3 Å². The molecule has 2 aliphatic heterocycles. The summed E-state index contributed by atoms with van der Waals surface area (Å²) in [5.74, 6) is -0.518. The summed E-state index contributed by atoms with van der Waals surface area (Å²) in [6.45, 7) is 2.20. The van der Waals surface area contributed by atoms with Gasteiger partial charge in [0.1, 0.15) is 12.4 Å². The maximum Gasteiger partial charge on any atom is 0.456 e. The van der Waals surface area contributed by atoms with Crippen LogP contribution >= 0.6 is 0 Å². The number of phenolic OH excluding ortho intramolecular Hbond substituents is 1. The van der Waals surface area contributed by atoms with E-state index in [1.165, 1.54) is 12.1 Å². The summed E-state index contributed by atoms with van der Waals surface area (Å²) in [6.07, 6.45) is 4.11. The van der Waals surface area contributed by atoms with E-state index < -0.39 is 39.9 Å². The van der Waals surface area contributed by atoms with E-state index in [1.54, 1.807) is 6.07 Å². The van der Waals surface area contributed by atoms with E-state index in [-0.39, 0.29) is 18.7 Å². The van der Waals surface area contributed by atoms with Crippen molar-refractivity contribution in [2.75, 3.05) is 12.4 Å². The van der Waals surface area contributed by atoms with Gasteiger partial charge in [-0.2, -0.15) is 0 Å². The molecule has 0 radical (unpaired) electrons. The molecule has 4 rings (SSSR count). The average Bonchev–Trinajstić information content (AvgIpc) is 3.09. The first-order valence-corrected chi connectivity index (χ1v) is 13.6. The summed E-state index contributed by atoms with van der Waals surface area (Å²) in [5.41, 5.74) is 3.10. The average molecular weight is 500 g/mol. The molecule has 0 spiro atoms. The van der Waals surface area contributed by atoms with Crippen molar-refractivity contribution in [2.24, 2.45) is 0 Å². The first-order valence-electron chi connectivity index (χ1n) is 11.9. The summed E-state index contributed by atoms with van der Waals surface area (Å²) in [4.78, 5) is 0. The van der Waals surface area contributed by atoms with E-state index in [0.717, 1.165) is 18.4 Å². The molecular weight excluding hydrogens is 470 g/mol. The van der Waals surface area contributed by atoms with Gasteiger partial charge in [0.15, 0.2) is 21.4 Å². The van der Waals surface area contributed by atoms with E-state index >= 15 is 0 Å². The fourth-order valence-electron chi connectivity index (χ4n) is 4.85. The molecule has 2 aromatic rings. The van der Waals surface area contributed by atoms with Crippen LogP contribution in [-0.4, -0.2) is 49.4 Å². The fourth-order valence-corrected chi connectivity index (χ4v) is 6.95. The zero-order valence-corrected chi connectivity index (χ0v) is 20.5. The van der Waals surface area contributed by atoms with E-state index in [0.29, 0.717) is 35.3 Å². The van der Waals surface area contributed by atoms with Crippen LogP contribution in [0.25, 0.3) is 6.08 Å². The number of halogens is 1. The summed E-state index contributed by atoms with van der Waals surface area (Å²) >= 11 is 0. The molecule has 0 bridgehead atoms. The SMILES string of the molecule is CCC/C(=C\c1ccc(O)c(F)c1)CC[C@H]1OB(O)C[C@H]2C1=C(COc1ccccc1)CS2(=O)=O. The lowest BCUT2D eigenvalue weighted by atomic mass is 9.74. The van der Waals surface area contributed by atoms with Gasteiger partial charge >= 0.3 is 7.12 Å². The third kappa shape index (κ3) is 6.15. The molecule has 0 saturated carbocycles. The van der Waals surface area contributed by atoms with Crippen molar-refractivity contribution >= 4 is 23.0 Å². The van der Waals surface area contributed by atoms with Gasteiger partial charge in [-0.05, 0) is 60.2 Å². The molecule has 2 aliphatic rings. The van der Waals surface area contributed by atoms with Crippen LogP contribution in [0.15, 0.2) is 65.3 Å². The lowest BCUT2D eigenvalue weighted by molar-refractivity contribution is 0.168. The van der Waals surface area contributed by atoms with Crippen LogP contribution in [0.5, 0.6) is 11.5 Å². The molecule has 0 unspecified atom stereocenters. The molecule has 2 atom stereocenters. The largest absolute Gasteiger partial charge is 0.505 e. The molecule has 6 nitrogen and oxygen atoms in total. The number of benzene rings is 2. The minimum atomic E-state index is -3.45. The number of rotatable bonds is 9.